The van der Waals surface area contributed by atoms with Crippen LogP contribution in [0.1, 0.15) is 125 Å². The van der Waals surface area contributed by atoms with Gasteiger partial charge in [0.2, 0.25) is 11.2 Å². The molecule has 2 heterocycles. The molecular weight excluding hydrogens is 762 g/mol. The van der Waals surface area contributed by atoms with E-state index in [1.54, 1.807) is 72.7 Å². The van der Waals surface area contributed by atoms with Gasteiger partial charge >= 0.3 is 30.2 Å². The molecule has 16 heteroatoms. The Morgan fingerprint density at radius 1 is 0.746 bits per heavy atom. The third-order valence-corrected chi connectivity index (χ3v) is 11.0. The first-order valence-electron chi connectivity index (χ1n) is 20.1. The average Bonchev–Trinajstić information content (AvgIpc) is 4.01. The molecule has 0 bridgehead atoms. The summed E-state index contributed by atoms with van der Waals surface area (Å²) in [6.45, 7) is 11.7. The van der Waals surface area contributed by atoms with Gasteiger partial charge in [0.25, 0.3) is 11.8 Å². The first-order chi connectivity index (χ1) is 27.5. The molecule has 4 N–H and O–H groups in total. The lowest BCUT2D eigenvalue weighted by Gasteiger charge is -2.22. The fraction of sp³-hybridized carbons (Fsp3) is 0.558. The average molecular weight is 821 g/mol. The number of esters is 2. The zero-order valence-corrected chi connectivity index (χ0v) is 34.3. The van der Waals surface area contributed by atoms with Crippen LogP contribution in [0.5, 0.6) is 0 Å². The van der Waals surface area contributed by atoms with E-state index in [0.29, 0.717) is 42.2 Å². The van der Waals surface area contributed by atoms with Crippen molar-refractivity contribution in [3.63, 3.8) is 0 Å². The summed E-state index contributed by atoms with van der Waals surface area (Å²) in [4.78, 5) is 89.1. The van der Waals surface area contributed by atoms with Crippen molar-refractivity contribution >= 4 is 53.3 Å². The SMILES string of the molecule is C.CC(C)(C)OC(=O)CN1C(=O)OC2(CC3(CC3)c3cc(N)ccc32)C1=O.CNC(=O)Nc1ccc2c(c1)C1(CC1)CC21OC(=O)N(CC(=O)OC(C)(C)C)C1=O.[2H]CC. The number of ether oxygens (including phenoxy) is 4. The zero-order chi connectivity index (χ0) is 43.5. The Kier molecular flexibility index (Phi) is 11.0. The number of carbonyl (C=O) groups excluding carboxylic acids is 7. The van der Waals surface area contributed by atoms with E-state index in [9.17, 15) is 33.6 Å². The molecule has 2 saturated heterocycles. The Morgan fingerprint density at radius 3 is 1.54 bits per heavy atom. The van der Waals surface area contributed by atoms with Crippen molar-refractivity contribution in [1.82, 2.24) is 15.1 Å². The smallest absolute Gasteiger partial charge is 0.418 e. The molecular formula is C43H57N5O11. The zero-order valence-electron chi connectivity index (χ0n) is 35.3. The molecule has 2 aliphatic heterocycles. The van der Waals surface area contributed by atoms with E-state index in [-0.39, 0.29) is 24.3 Å². The van der Waals surface area contributed by atoms with Gasteiger partial charge in [0.1, 0.15) is 24.3 Å². The number of anilines is 2. The Hall–Kier alpha value is -5.67. The topological polar surface area (TPSA) is 213 Å². The normalized spacial score (nSPS) is 23.5. The maximum atomic E-state index is 13.3. The number of carbonyl (C=O) groups is 7. The molecule has 4 fully saturated rings. The summed E-state index contributed by atoms with van der Waals surface area (Å²) in [5.41, 5.74) is 5.71. The first kappa shape index (κ1) is 42.9. The number of rotatable bonds is 5. The van der Waals surface area contributed by atoms with E-state index < -0.39 is 71.4 Å². The van der Waals surface area contributed by atoms with Crippen LogP contribution in [0, 0.1) is 0 Å². The summed E-state index contributed by atoms with van der Waals surface area (Å²) >= 11 is 0. The van der Waals surface area contributed by atoms with Gasteiger partial charge in [-0.2, -0.15) is 0 Å². The number of nitrogens with one attached hydrogen (secondary N) is 2. The largest absolute Gasteiger partial charge is 0.459 e. The Morgan fingerprint density at radius 2 is 1.15 bits per heavy atom. The Balaban J connectivity index is 0.000000212. The number of amides is 6. The highest BCUT2D eigenvalue weighted by Gasteiger charge is 2.69. The first-order valence-corrected chi connectivity index (χ1v) is 19.3. The van der Waals surface area contributed by atoms with Gasteiger partial charge in [0, 0.05) is 54.6 Å². The fourth-order valence-electron chi connectivity index (χ4n) is 8.43. The minimum absolute atomic E-state index is 0. The van der Waals surface area contributed by atoms with Gasteiger partial charge in [-0.1, -0.05) is 33.4 Å². The maximum absolute atomic E-state index is 13.3. The fourth-order valence-corrected chi connectivity index (χ4v) is 8.43. The van der Waals surface area contributed by atoms with E-state index in [0.717, 1.165) is 46.6 Å². The van der Waals surface area contributed by atoms with Crippen molar-refractivity contribution in [1.29, 1.82) is 0 Å². The van der Waals surface area contributed by atoms with Crippen molar-refractivity contribution < 1.29 is 53.9 Å². The second-order valence-electron chi connectivity index (χ2n) is 17.5. The molecule has 320 valence electrons. The number of hydrogen-bond donors (Lipinski definition) is 3. The molecule has 2 aromatic carbocycles. The van der Waals surface area contributed by atoms with Gasteiger partial charge in [-0.3, -0.25) is 19.2 Å². The quantitative estimate of drug-likeness (QED) is 0.173. The maximum Gasteiger partial charge on any atom is 0.418 e. The number of nitrogens with two attached hydrogens (primary N) is 1. The lowest BCUT2D eigenvalue weighted by atomic mass is 9.94. The molecule has 0 radical (unpaired) electrons. The van der Waals surface area contributed by atoms with Crippen molar-refractivity contribution in [3.8, 4) is 0 Å². The van der Waals surface area contributed by atoms with Crippen LogP contribution >= 0.6 is 0 Å². The summed E-state index contributed by atoms with van der Waals surface area (Å²) in [7, 11) is 1.52. The predicted octanol–water partition coefficient (Wildman–Crippen LogP) is 6.27. The highest BCUT2D eigenvalue weighted by atomic mass is 16.6. The molecule has 2 aromatic rings. The van der Waals surface area contributed by atoms with Gasteiger partial charge in [0.05, 0.1) is 0 Å². The van der Waals surface area contributed by atoms with Crippen LogP contribution in [0.2, 0.25) is 0 Å². The van der Waals surface area contributed by atoms with Crippen LogP contribution in [0.25, 0.3) is 0 Å². The van der Waals surface area contributed by atoms with Gasteiger partial charge in [0.15, 0.2) is 0 Å². The highest BCUT2D eigenvalue weighted by Crippen LogP contribution is 2.66. The van der Waals surface area contributed by atoms with Crippen LogP contribution < -0.4 is 16.4 Å². The van der Waals surface area contributed by atoms with Crippen molar-refractivity contribution in [2.45, 2.75) is 135 Å². The lowest BCUT2D eigenvalue weighted by molar-refractivity contribution is -0.158. The number of hydrogen-bond acceptors (Lipinski definition) is 12. The molecule has 0 aromatic heterocycles. The summed E-state index contributed by atoms with van der Waals surface area (Å²) in [6.07, 6.45) is 2.69. The minimum atomic E-state index is -1.43. The van der Waals surface area contributed by atoms with Crippen LogP contribution in [-0.2, 0) is 60.2 Å². The van der Waals surface area contributed by atoms with E-state index in [1.165, 1.54) is 7.05 Å². The summed E-state index contributed by atoms with van der Waals surface area (Å²) in [6, 6.07) is 10.2. The standard InChI is InChI=1S/C21H25N3O6.C19H22N2O5.C2H6.CH4/c1-19(2,3)29-15(25)10-24-16(26)21(30-18(24)28)11-20(7-8-20)14-9-12(5-6-13(14)21)23-17(27)22-4;1-17(2,3)25-14(22)9-21-15(23)19(26-16(21)24)10-18(6-7-18)13-8-11(20)4-5-12(13)19;1-2;/h5-6,9H,7-8,10-11H2,1-4H3,(H2,22,23,27);4-5,8H,6-7,9-10,20H2,1-3H3;1-2H3;1H4/i;;1D;. The van der Waals surface area contributed by atoms with Gasteiger partial charge in [-0.15, -0.1) is 0 Å². The number of nitrogen functional groups attached to an aromatic ring is 1. The van der Waals surface area contributed by atoms with Crippen molar-refractivity contribution in [2.24, 2.45) is 0 Å². The molecule has 8 rings (SSSR count). The summed E-state index contributed by atoms with van der Waals surface area (Å²) < 4.78 is 27.9. The number of urea groups is 1. The van der Waals surface area contributed by atoms with Crippen molar-refractivity contribution in [2.75, 3.05) is 31.2 Å². The predicted molar refractivity (Wildman–Crippen MR) is 216 cm³/mol. The van der Waals surface area contributed by atoms with Gasteiger partial charge in [-0.05, 0) is 103 Å². The summed E-state index contributed by atoms with van der Waals surface area (Å²) in [5.74, 6) is -2.36. The molecule has 16 nitrogen and oxygen atoms in total. The molecule has 6 aliphatic rings. The van der Waals surface area contributed by atoms with E-state index in [4.69, 9.17) is 26.1 Å². The molecule has 59 heavy (non-hydrogen) atoms. The van der Waals surface area contributed by atoms with Gasteiger partial charge < -0.3 is 35.3 Å². The monoisotopic (exact) mass is 820 g/mol. The number of imide groups is 2. The Labute approximate surface area is 346 Å². The third-order valence-electron chi connectivity index (χ3n) is 11.0. The van der Waals surface area contributed by atoms with Crippen molar-refractivity contribution in [3.05, 3.63) is 58.7 Å². The van der Waals surface area contributed by atoms with E-state index in [1.807, 2.05) is 12.1 Å². The molecule has 6 amide bonds. The van der Waals surface area contributed by atoms with E-state index >= 15 is 0 Å². The van der Waals surface area contributed by atoms with Crippen LogP contribution in [0.15, 0.2) is 36.4 Å². The number of nitrogens with zero attached hydrogens (tertiary/aromatic N) is 2. The summed E-state index contributed by atoms with van der Waals surface area (Å²) in [5, 5.41) is 5.22. The molecule has 4 aliphatic carbocycles. The molecule has 2 atom stereocenters. The second kappa shape index (κ2) is 15.2. The molecule has 2 unspecified atom stereocenters. The van der Waals surface area contributed by atoms with Crippen LogP contribution in [-0.4, -0.2) is 83.1 Å². The molecule has 4 spiro atoms. The lowest BCUT2D eigenvalue weighted by Crippen LogP contribution is -2.41. The number of benzene rings is 2. The Bertz CT molecular complexity index is 2120. The minimum Gasteiger partial charge on any atom is -0.459 e. The molecule has 2 saturated carbocycles. The van der Waals surface area contributed by atoms with Crippen LogP contribution in [0.4, 0.5) is 25.8 Å². The van der Waals surface area contributed by atoms with Gasteiger partial charge in [-0.25, -0.2) is 24.2 Å². The third kappa shape index (κ3) is 8.05. The van der Waals surface area contributed by atoms with E-state index in [2.05, 4.69) is 10.6 Å². The highest BCUT2D eigenvalue weighted by molar-refractivity contribution is 6.07. The van der Waals surface area contributed by atoms with Crippen LogP contribution in [0.3, 0.4) is 0 Å². The second-order valence-corrected chi connectivity index (χ2v) is 17.5. The number of fused-ring (bicyclic) bond motifs is 6.